The molecule has 0 aliphatic carbocycles. The lowest BCUT2D eigenvalue weighted by molar-refractivity contribution is -0.385. The van der Waals surface area contributed by atoms with Crippen LogP contribution in [0.3, 0.4) is 0 Å². The molecule has 124 valence electrons. The predicted molar refractivity (Wildman–Crippen MR) is 96.0 cm³/mol. The first-order valence-electron chi connectivity index (χ1n) is 7.72. The minimum absolute atomic E-state index is 0.0275. The molecular weight excluding hydrogens is 304 g/mol. The van der Waals surface area contributed by atoms with Crippen molar-refractivity contribution in [3.63, 3.8) is 0 Å². The molecule has 0 aliphatic heterocycles. The molecule has 0 aliphatic rings. The third-order valence-electron chi connectivity index (χ3n) is 3.72. The fourth-order valence-electron chi connectivity index (χ4n) is 2.47. The fraction of sp³-hybridized carbons (Fsp3) is 0.211. The Hall–Kier alpha value is -2.95. The number of amides is 1. The number of nitrogens with one attached hydrogen (secondary N) is 1. The van der Waals surface area contributed by atoms with E-state index in [1.165, 1.54) is 18.2 Å². The second-order valence-corrected chi connectivity index (χ2v) is 5.83. The smallest absolute Gasteiger partial charge is 0.276 e. The van der Waals surface area contributed by atoms with Gasteiger partial charge < -0.3 is 5.32 Å². The van der Waals surface area contributed by atoms with Crippen LogP contribution in [0, 0.1) is 17.0 Å². The molecule has 0 saturated heterocycles. The molecule has 5 heteroatoms. The summed E-state index contributed by atoms with van der Waals surface area (Å²) in [5, 5.41) is 13.9. The molecule has 0 bridgehead atoms. The molecule has 1 amide bonds. The number of hydrogen-bond acceptors (Lipinski definition) is 3. The highest BCUT2D eigenvalue weighted by atomic mass is 16.6. The maximum atomic E-state index is 12.2. The molecule has 0 unspecified atom stereocenters. The third-order valence-corrected chi connectivity index (χ3v) is 3.72. The quantitative estimate of drug-likeness (QED) is 0.493. The van der Waals surface area contributed by atoms with Gasteiger partial charge in [0, 0.05) is 17.8 Å². The summed E-state index contributed by atoms with van der Waals surface area (Å²) in [6.07, 6.45) is 2.78. The first kappa shape index (κ1) is 17.4. The number of para-hydroxylation sites is 2. The maximum absolute atomic E-state index is 12.2. The Morgan fingerprint density at radius 3 is 2.54 bits per heavy atom. The number of benzene rings is 2. The summed E-state index contributed by atoms with van der Waals surface area (Å²) < 4.78 is 0. The number of nitro benzene ring substituents is 1. The van der Waals surface area contributed by atoms with E-state index >= 15 is 0 Å². The Labute approximate surface area is 141 Å². The summed E-state index contributed by atoms with van der Waals surface area (Å²) >= 11 is 0. The van der Waals surface area contributed by atoms with Gasteiger partial charge in [0.2, 0.25) is 5.91 Å². The summed E-state index contributed by atoms with van der Waals surface area (Å²) in [6.45, 7) is 6.06. The van der Waals surface area contributed by atoms with Gasteiger partial charge in [0.05, 0.1) is 10.5 Å². The lowest BCUT2D eigenvalue weighted by Crippen LogP contribution is -2.11. The number of rotatable bonds is 5. The van der Waals surface area contributed by atoms with Gasteiger partial charge in [0.1, 0.15) is 0 Å². The molecule has 0 atom stereocenters. The van der Waals surface area contributed by atoms with Gasteiger partial charge in [0.15, 0.2) is 0 Å². The van der Waals surface area contributed by atoms with Crippen LogP contribution in [0.15, 0.2) is 48.5 Å². The summed E-state index contributed by atoms with van der Waals surface area (Å²) in [7, 11) is 0. The highest BCUT2D eigenvalue weighted by Gasteiger charge is 2.12. The van der Waals surface area contributed by atoms with Gasteiger partial charge in [0.25, 0.3) is 5.69 Å². The number of carbonyl (C=O) groups excluding carboxylic acids is 1. The Bertz CT molecular complexity index is 795. The lowest BCUT2D eigenvalue weighted by Gasteiger charge is -2.15. The summed E-state index contributed by atoms with van der Waals surface area (Å²) in [5.41, 5.74) is 3.20. The second-order valence-electron chi connectivity index (χ2n) is 5.83. The van der Waals surface area contributed by atoms with E-state index in [0.29, 0.717) is 5.56 Å². The fourth-order valence-corrected chi connectivity index (χ4v) is 2.47. The van der Waals surface area contributed by atoms with Crippen molar-refractivity contribution >= 4 is 23.4 Å². The zero-order valence-corrected chi connectivity index (χ0v) is 13.9. The van der Waals surface area contributed by atoms with Crippen LogP contribution in [0.5, 0.6) is 0 Å². The SMILES string of the molecule is Cc1cccc(C(C)C)c1NC(=O)/C=C/c1ccccc1[N+](=O)[O-]. The normalized spacial score (nSPS) is 11.0. The van der Waals surface area contributed by atoms with Crippen molar-refractivity contribution in [3.05, 3.63) is 75.3 Å². The molecule has 0 radical (unpaired) electrons. The molecule has 2 aromatic carbocycles. The van der Waals surface area contributed by atoms with E-state index in [-0.39, 0.29) is 17.5 Å². The van der Waals surface area contributed by atoms with Crippen molar-refractivity contribution in [3.8, 4) is 0 Å². The first-order chi connectivity index (χ1) is 11.4. The van der Waals surface area contributed by atoms with Crippen LogP contribution in [0.25, 0.3) is 6.08 Å². The van der Waals surface area contributed by atoms with Gasteiger partial charge >= 0.3 is 0 Å². The molecule has 5 nitrogen and oxygen atoms in total. The van der Waals surface area contributed by atoms with Gasteiger partial charge in [-0.25, -0.2) is 0 Å². The molecule has 2 rings (SSSR count). The molecule has 2 aromatic rings. The summed E-state index contributed by atoms with van der Waals surface area (Å²) in [4.78, 5) is 22.8. The van der Waals surface area contributed by atoms with Crippen molar-refractivity contribution in [2.75, 3.05) is 5.32 Å². The van der Waals surface area contributed by atoms with E-state index in [0.717, 1.165) is 16.8 Å². The third kappa shape index (κ3) is 4.07. The van der Waals surface area contributed by atoms with Gasteiger partial charge in [-0.3, -0.25) is 14.9 Å². The molecular formula is C19H20N2O3. The minimum atomic E-state index is -0.463. The van der Waals surface area contributed by atoms with Gasteiger partial charge in [-0.15, -0.1) is 0 Å². The Morgan fingerprint density at radius 1 is 1.17 bits per heavy atom. The maximum Gasteiger partial charge on any atom is 0.276 e. The van der Waals surface area contributed by atoms with Crippen LogP contribution in [-0.4, -0.2) is 10.8 Å². The van der Waals surface area contributed by atoms with Crippen molar-refractivity contribution in [1.29, 1.82) is 0 Å². The topological polar surface area (TPSA) is 72.2 Å². The second kappa shape index (κ2) is 7.55. The molecule has 0 spiro atoms. The molecule has 0 saturated carbocycles. The summed E-state index contributed by atoms with van der Waals surface area (Å²) in [5.74, 6) is -0.0382. The lowest BCUT2D eigenvalue weighted by atomic mass is 9.98. The average molecular weight is 324 g/mol. The van der Waals surface area contributed by atoms with Gasteiger partial charge in [-0.05, 0) is 36.1 Å². The van der Waals surface area contributed by atoms with Crippen LogP contribution in [0.2, 0.25) is 0 Å². The van der Waals surface area contributed by atoms with Crippen LogP contribution < -0.4 is 5.32 Å². The monoisotopic (exact) mass is 324 g/mol. The summed E-state index contributed by atoms with van der Waals surface area (Å²) in [6, 6.07) is 12.2. The van der Waals surface area contributed by atoms with Crippen molar-refractivity contribution in [2.45, 2.75) is 26.7 Å². The minimum Gasteiger partial charge on any atom is -0.322 e. The van der Waals surface area contributed by atoms with Crippen molar-refractivity contribution < 1.29 is 9.72 Å². The number of anilines is 1. The number of nitrogens with zero attached hydrogens (tertiary/aromatic N) is 1. The average Bonchev–Trinajstić information content (AvgIpc) is 2.54. The molecule has 0 aromatic heterocycles. The van der Waals surface area contributed by atoms with E-state index in [1.54, 1.807) is 18.2 Å². The Kier molecular flexibility index (Phi) is 5.47. The van der Waals surface area contributed by atoms with Crippen LogP contribution in [0.4, 0.5) is 11.4 Å². The molecule has 0 heterocycles. The first-order valence-corrected chi connectivity index (χ1v) is 7.72. The number of hydrogen-bond donors (Lipinski definition) is 1. The Balaban J connectivity index is 2.22. The van der Waals surface area contributed by atoms with E-state index in [4.69, 9.17) is 0 Å². The number of nitro groups is 1. The van der Waals surface area contributed by atoms with E-state index in [2.05, 4.69) is 19.2 Å². The zero-order valence-electron chi connectivity index (χ0n) is 13.9. The Morgan fingerprint density at radius 2 is 1.88 bits per heavy atom. The van der Waals surface area contributed by atoms with Crippen LogP contribution in [-0.2, 0) is 4.79 Å². The van der Waals surface area contributed by atoms with Crippen LogP contribution in [0.1, 0.15) is 36.5 Å². The number of aryl methyl sites for hydroxylation is 1. The molecule has 0 fully saturated rings. The van der Waals surface area contributed by atoms with E-state index in [1.807, 2.05) is 25.1 Å². The standard InChI is InChI=1S/C19H20N2O3/c1-13(2)16-9-6-7-14(3)19(16)20-18(22)12-11-15-8-4-5-10-17(15)21(23)24/h4-13H,1-3H3,(H,20,22)/b12-11+. The van der Waals surface area contributed by atoms with Crippen molar-refractivity contribution in [2.24, 2.45) is 0 Å². The van der Waals surface area contributed by atoms with Crippen molar-refractivity contribution in [1.82, 2.24) is 0 Å². The van der Waals surface area contributed by atoms with Gasteiger partial charge in [-0.1, -0.05) is 44.2 Å². The van der Waals surface area contributed by atoms with E-state index < -0.39 is 4.92 Å². The predicted octanol–water partition coefficient (Wildman–Crippen LogP) is 4.68. The molecule has 24 heavy (non-hydrogen) atoms. The van der Waals surface area contributed by atoms with Crippen LogP contribution >= 0.6 is 0 Å². The molecule has 1 N–H and O–H groups in total. The highest BCUT2D eigenvalue weighted by Crippen LogP contribution is 2.27. The zero-order chi connectivity index (χ0) is 17.7. The van der Waals surface area contributed by atoms with E-state index in [9.17, 15) is 14.9 Å². The van der Waals surface area contributed by atoms with Gasteiger partial charge in [-0.2, -0.15) is 0 Å². The number of carbonyl (C=O) groups is 1. The largest absolute Gasteiger partial charge is 0.322 e. The highest BCUT2D eigenvalue weighted by molar-refractivity contribution is 6.03.